The molecule has 0 bridgehead atoms. The van der Waals surface area contributed by atoms with Crippen molar-refractivity contribution < 1.29 is 9.90 Å². The molecule has 0 aromatic carbocycles. The second-order valence-corrected chi connectivity index (χ2v) is 6.49. The molecule has 0 radical (unpaired) electrons. The molecular formula is C16H19N7O3. The van der Waals surface area contributed by atoms with Crippen molar-refractivity contribution in [2.24, 2.45) is 0 Å². The molecule has 4 rings (SSSR count). The van der Waals surface area contributed by atoms with Crippen molar-refractivity contribution in [1.82, 2.24) is 34.3 Å². The highest BCUT2D eigenvalue weighted by Crippen LogP contribution is 2.18. The van der Waals surface area contributed by atoms with Gasteiger partial charge in [0, 0.05) is 18.3 Å². The molecule has 2 N–H and O–H groups in total. The second kappa shape index (κ2) is 6.06. The van der Waals surface area contributed by atoms with E-state index in [1.165, 1.54) is 10.6 Å². The molecule has 4 heterocycles. The Bertz CT molecular complexity index is 1050. The topological polar surface area (TPSA) is 121 Å². The van der Waals surface area contributed by atoms with Gasteiger partial charge in [-0.25, -0.2) is 4.98 Å². The summed E-state index contributed by atoms with van der Waals surface area (Å²) in [4.78, 5) is 34.7. The quantitative estimate of drug-likeness (QED) is 0.655. The van der Waals surface area contributed by atoms with Crippen LogP contribution >= 0.6 is 0 Å². The molecule has 1 amide bonds. The third-order valence-electron chi connectivity index (χ3n) is 4.42. The first-order chi connectivity index (χ1) is 12.4. The minimum Gasteiger partial charge on any atom is -0.387 e. The predicted octanol–water partition coefficient (Wildman–Crippen LogP) is -0.439. The van der Waals surface area contributed by atoms with E-state index in [-0.39, 0.29) is 23.7 Å². The van der Waals surface area contributed by atoms with Crippen LogP contribution in [0, 0.1) is 6.92 Å². The number of aromatic nitrogens is 6. The van der Waals surface area contributed by atoms with E-state index >= 15 is 0 Å². The molecule has 3 aromatic heterocycles. The van der Waals surface area contributed by atoms with Crippen LogP contribution in [0.2, 0.25) is 0 Å². The van der Waals surface area contributed by atoms with Crippen LogP contribution in [0.25, 0.3) is 5.78 Å². The number of nitrogens with one attached hydrogen (secondary N) is 1. The molecule has 1 aliphatic heterocycles. The maximum Gasteiger partial charge on any atom is 0.274 e. The van der Waals surface area contributed by atoms with Gasteiger partial charge in [0.15, 0.2) is 0 Å². The Hall–Kier alpha value is -3.01. The largest absolute Gasteiger partial charge is 0.387 e. The van der Waals surface area contributed by atoms with Gasteiger partial charge in [-0.1, -0.05) is 0 Å². The van der Waals surface area contributed by atoms with Gasteiger partial charge in [-0.05, 0) is 19.9 Å². The van der Waals surface area contributed by atoms with Crippen molar-refractivity contribution >= 4 is 11.7 Å². The molecule has 0 saturated heterocycles. The van der Waals surface area contributed by atoms with Crippen molar-refractivity contribution in [2.75, 3.05) is 6.54 Å². The lowest BCUT2D eigenvalue weighted by atomic mass is 10.2. The summed E-state index contributed by atoms with van der Waals surface area (Å²) in [7, 11) is 0. The van der Waals surface area contributed by atoms with Gasteiger partial charge >= 0.3 is 0 Å². The molecule has 26 heavy (non-hydrogen) atoms. The van der Waals surface area contributed by atoms with Gasteiger partial charge in [-0.3, -0.25) is 19.4 Å². The fourth-order valence-corrected chi connectivity index (χ4v) is 3.08. The molecule has 10 heteroatoms. The fraction of sp³-hybridized carbons (Fsp3) is 0.438. The fourth-order valence-electron chi connectivity index (χ4n) is 3.08. The highest BCUT2D eigenvalue weighted by Gasteiger charge is 2.24. The number of amides is 1. The number of aliphatic hydroxyl groups is 1. The summed E-state index contributed by atoms with van der Waals surface area (Å²) < 4.78 is 3.05. The SMILES string of the molecule is Cc1cc(=O)n2[nH]c(CC(=O)N3CCn4nc([C@@H](C)O)cc4C3)nc2n1. The van der Waals surface area contributed by atoms with Crippen molar-refractivity contribution in [3.8, 4) is 0 Å². The number of rotatable bonds is 3. The van der Waals surface area contributed by atoms with Gasteiger partial charge in [0.2, 0.25) is 5.91 Å². The molecule has 3 aromatic rings. The number of H-pyrrole nitrogens is 1. The molecule has 10 nitrogen and oxygen atoms in total. The number of fused-ring (bicyclic) bond motifs is 2. The van der Waals surface area contributed by atoms with Gasteiger partial charge in [0.25, 0.3) is 11.3 Å². The highest BCUT2D eigenvalue weighted by molar-refractivity contribution is 5.78. The summed E-state index contributed by atoms with van der Waals surface area (Å²) in [5, 5.41) is 16.8. The molecule has 0 saturated carbocycles. The Labute approximate surface area is 148 Å². The Balaban J connectivity index is 1.52. The minimum atomic E-state index is -0.637. The molecule has 0 aliphatic carbocycles. The standard InChI is InChI=1S/C16H19N7O3/c1-9-5-15(26)23-16(17-9)18-13(20-23)7-14(25)21-3-4-22-11(8-21)6-12(19-22)10(2)24/h5-6,10,24H,3-4,7-8H2,1-2H3,(H,17,18,20)/t10-/m1/s1. The van der Waals surface area contributed by atoms with E-state index in [9.17, 15) is 14.7 Å². The summed E-state index contributed by atoms with van der Waals surface area (Å²) in [6, 6.07) is 3.22. The molecule has 0 fully saturated rings. The van der Waals surface area contributed by atoms with Crippen LogP contribution in [-0.2, 0) is 24.3 Å². The van der Waals surface area contributed by atoms with Gasteiger partial charge in [-0.15, -0.1) is 0 Å². The third kappa shape index (κ3) is 2.88. The van der Waals surface area contributed by atoms with E-state index in [1.54, 1.807) is 18.7 Å². The van der Waals surface area contributed by atoms with Crippen LogP contribution < -0.4 is 5.56 Å². The summed E-state index contributed by atoms with van der Waals surface area (Å²) in [5.41, 5.74) is 1.81. The zero-order chi connectivity index (χ0) is 18.4. The predicted molar refractivity (Wildman–Crippen MR) is 90.3 cm³/mol. The lowest BCUT2D eigenvalue weighted by Gasteiger charge is -2.27. The first kappa shape index (κ1) is 16.5. The monoisotopic (exact) mass is 357 g/mol. The Morgan fingerprint density at radius 1 is 1.35 bits per heavy atom. The van der Waals surface area contributed by atoms with Crippen molar-refractivity contribution in [2.45, 2.75) is 39.5 Å². The maximum absolute atomic E-state index is 12.6. The van der Waals surface area contributed by atoms with E-state index in [0.717, 1.165) is 5.69 Å². The van der Waals surface area contributed by atoms with Gasteiger partial charge in [0.05, 0.1) is 37.0 Å². The second-order valence-electron chi connectivity index (χ2n) is 6.49. The summed E-state index contributed by atoms with van der Waals surface area (Å²) in [6.07, 6.45) is -0.582. The highest BCUT2D eigenvalue weighted by atomic mass is 16.3. The van der Waals surface area contributed by atoms with Crippen LogP contribution in [0.1, 0.15) is 35.9 Å². The molecular weight excluding hydrogens is 338 g/mol. The zero-order valence-electron chi connectivity index (χ0n) is 14.5. The lowest BCUT2D eigenvalue weighted by molar-refractivity contribution is -0.132. The van der Waals surface area contributed by atoms with E-state index in [2.05, 4.69) is 20.2 Å². The van der Waals surface area contributed by atoms with E-state index in [1.807, 2.05) is 10.7 Å². The normalized spacial score (nSPS) is 15.3. The Kier molecular flexibility index (Phi) is 3.83. The number of aryl methyl sites for hydroxylation is 1. The van der Waals surface area contributed by atoms with Gasteiger partial charge < -0.3 is 10.0 Å². The van der Waals surface area contributed by atoms with Gasteiger partial charge in [0.1, 0.15) is 5.82 Å². The first-order valence-corrected chi connectivity index (χ1v) is 8.38. The van der Waals surface area contributed by atoms with Crippen molar-refractivity contribution in [3.63, 3.8) is 0 Å². The summed E-state index contributed by atoms with van der Waals surface area (Å²) >= 11 is 0. The van der Waals surface area contributed by atoms with Crippen LogP contribution in [0.5, 0.6) is 0 Å². The minimum absolute atomic E-state index is 0.0548. The average Bonchev–Trinajstić information content (AvgIpc) is 3.17. The van der Waals surface area contributed by atoms with E-state index in [4.69, 9.17) is 0 Å². The number of hydrogen-bond acceptors (Lipinski definition) is 6. The van der Waals surface area contributed by atoms with Crippen molar-refractivity contribution in [3.05, 3.63) is 45.4 Å². The number of aliphatic hydroxyl groups excluding tert-OH is 1. The molecule has 1 aliphatic rings. The molecule has 1 atom stereocenters. The Morgan fingerprint density at radius 2 is 2.15 bits per heavy atom. The zero-order valence-corrected chi connectivity index (χ0v) is 14.5. The molecule has 0 unspecified atom stereocenters. The van der Waals surface area contributed by atoms with Gasteiger partial charge in [-0.2, -0.15) is 14.6 Å². The first-order valence-electron chi connectivity index (χ1n) is 8.38. The van der Waals surface area contributed by atoms with Crippen molar-refractivity contribution in [1.29, 1.82) is 0 Å². The molecule has 0 spiro atoms. The number of aromatic amines is 1. The van der Waals surface area contributed by atoms with Crippen LogP contribution in [0.15, 0.2) is 16.9 Å². The summed E-state index contributed by atoms with van der Waals surface area (Å²) in [6.45, 7) is 4.92. The number of carbonyl (C=O) groups excluding carboxylic acids is 1. The lowest BCUT2D eigenvalue weighted by Crippen LogP contribution is -2.39. The van der Waals surface area contributed by atoms with Crippen LogP contribution in [0.4, 0.5) is 0 Å². The number of nitrogens with zero attached hydrogens (tertiary/aromatic N) is 6. The van der Waals surface area contributed by atoms with E-state index < -0.39 is 6.10 Å². The number of hydrogen-bond donors (Lipinski definition) is 2. The van der Waals surface area contributed by atoms with E-state index in [0.29, 0.717) is 36.8 Å². The average molecular weight is 357 g/mol. The molecule has 136 valence electrons. The summed E-state index contributed by atoms with van der Waals surface area (Å²) in [5.74, 6) is 0.560. The Morgan fingerprint density at radius 3 is 2.92 bits per heavy atom. The van der Waals surface area contributed by atoms with Crippen LogP contribution in [0.3, 0.4) is 0 Å². The maximum atomic E-state index is 12.6. The third-order valence-corrected chi connectivity index (χ3v) is 4.42. The van der Waals surface area contributed by atoms with Crippen LogP contribution in [-0.4, -0.2) is 51.8 Å². The number of carbonyl (C=O) groups is 1. The smallest absolute Gasteiger partial charge is 0.274 e.